The third-order valence-electron chi connectivity index (χ3n) is 2.21. The molecule has 0 bridgehead atoms. The highest BCUT2D eigenvalue weighted by molar-refractivity contribution is 14.1. The van der Waals surface area contributed by atoms with Crippen molar-refractivity contribution in [1.82, 2.24) is 10.3 Å². The SMILES string of the molecule is COC(=O)[C@H](CI)NC(=O)OC(C)(C)C.Cc1ccc(Br)cn1. The number of carbonyl (C=O) groups is 2. The van der Waals surface area contributed by atoms with E-state index in [0.717, 1.165) is 10.2 Å². The second-order valence-corrected chi connectivity index (χ2v) is 7.29. The van der Waals surface area contributed by atoms with Crippen LogP contribution >= 0.6 is 38.5 Å². The van der Waals surface area contributed by atoms with E-state index in [1.807, 2.05) is 41.6 Å². The zero-order chi connectivity index (χ0) is 18.0. The molecule has 0 fully saturated rings. The van der Waals surface area contributed by atoms with Crippen LogP contribution in [0.4, 0.5) is 4.79 Å². The van der Waals surface area contributed by atoms with Crippen molar-refractivity contribution in [3.8, 4) is 0 Å². The van der Waals surface area contributed by atoms with Crippen molar-refractivity contribution in [2.24, 2.45) is 0 Å². The van der Waals surface area contributed by atoms with Crippen molar-refractivity contribution in [1.29, 1.82) is 0 Å². The minimum Gasteiger partial charge on any atom is -0.467 e. The molecule has 0 saturated heterocycles. The van der Waals surface area contributed by atoms with Crippen molar-refractivity contribution >= 4 is 50.6 Å². The molecule has 1 aromatic rings. The van der Waals surface area contributed by atoms with Crippen molar-refractivity contribution in [3.05, 3.63) is 28.5 Å². The fourth-order valence-electron chi connectivity index (χ4n) is 1.20. The highest BCUT2D eigenvalue weighted by atomic mass is 127. The number of ether oxygens (including phenoxy) is 2. The number of halogens is 2. The Kier molecular flexibility index (Phi) is 10.4. The Balaban J connectivity index is 0.000000502. The molecule has 0 unspecified atom stereocenters. The summed E-state index contributed by atoms with van der Waals surface area (Å²) in [6, 6.07) is 3.28. The molecule has 0 aliphatic rings. The van der Waals surface area contributed by atoms with E-state index < -0.39 is 23.7 Å². The molecule has 1 aromatic heterocycles. The molecule has 0 saturated carbocycles. The molecule has 1 atom stereocenters. The van der Waals surface area contributed by atoms with Gasteiger partial charge in [0.1, 0.15) is 11.6 Å². The average Bonchev–Trinajstić information content (AvgIpc) is 2.46. The predicted molar refractivity (Wildman–Crippen MR) is 101 cm³/mol. The third-order valence-corrected chi connectivity index (χ3v) is 3.56. The molecule has 0 aromatic carbocycles. The van der Waals surface area contributed by atoms with Gasteiger partial charge in [0.2, 0.25) is 0 Å². The topological polar surface area (TPSA) is 77.5 Å². The van der Waals surface area contributed by atoms with Gasteiger partial charge in [-0.05, 0) is 55.8 Å². The Labute approximate surface area is 159 Å². The van der Waals surface area contributed by atoms with Crippen LogP contribution in [-0.4, -0.2) is 40.2 Å². The molecule has 1 rings (SSSR count). The van der Waals surface area contributed by atoms with E-state index in [2.05, 4.69) is 31.0 Å². The number of methoxy groups -OCH3 is 1. The third kappa shape index (κ3) is 11.3. The Morgan fingerprint density at radius 2 is 2.00 bits per heavy atom. The number of esters is 1. The van der Waals surface area contributed by atoms with Gasteiger partial charge >= 0.3 is 12.1 Å². The van der Waals surface area contributed by atoms with Crippen LogP contribution < -0.4 is 5.32 Å². The normalized spacial score (nSPS) is 11.6. The number of nitrogens with one attached hydrogen (secondary N) is 1. The summed E-state index contributed by atoms with van der Waals surface area (Å²) in [5.74, 6) is -0.477. The summed E-state index contributed by atoms with van der Waals surface area (Å²) in [6.07, 6.45) is 1.17. The largest absolute Gasteiger partial charge is 0.467 e. The average molecular weight is 501 g/mol. The fourth-order valence-corrected chi connectivity index (χ4v) is 2.02. The van der Waals surface area contributed by atoms with Gasteiger partial charge in [-0.1, -0.05) is 22.6 Å². The van der Waals surface area contributed by atoms with Gasteiger partial charge in [-0.15, -0.1) is 0 Å². The number of hydrogen-bond donors (Lipinski definition) is 1. The first-order valence-electron chi connectivity index (χ1n) is 6.80. The summed E-state index contributed by atoms with van der Waals surface area (Å²) in [4.78, 5) is 26.5. The molecule has 0 aliphatic carbocycles. The lowest BCUT2D eigenvalue weighted by atomic mass is 10.2. The van der Waals surface area contributed by atoms with Gasteiger partial charge in [0.15, 0.2) is 0 Å². The van der Waals surface area contributed by atoms with Gasteiger partial charge in [0.25, 0.3) is 0 Å². The van der Waals surface area contributed by atoms with Gasteiger partial charge < -0.3 is 14.8 Å². The summed E-state index contributed by atoms with van der Waals surface area (Å²) < 4.78 is 11.0. The number of pyridine rings is 1. The molecule has 1 amide bonds. The van der Waals surface area contributed by atoms with E-state index in [0.29, 0.717) is 4.43 Å². The number of nitrogens with zero attached hydrogens (tertiary/aromatic N) is 1. The second kappa shape index (κ2) is 10.8. The molecule has 8 heteroatoms. The molecular formula is C15H22BrIN2O4. The maximum atomic E-state index is 11.3. The minimum absolute atomic E-state index is 0.434. The monoisotopic (exact) mass is 500 g/mol. The Morgan fingerprint density at radius 3 is 2.35 bits per heavy atom. The van der Waals surface area contributed by atoms with Crippen LogP contribution in [0.25, 0.3) is 0 Å². The lowest BCUT2D eigenvalue weighted by Gasteiger charge is -2.21. The summed E-state index contributed by atoms with van der Waals surface area (Å²) in [5.41, 5.74) is 0.476. The minimum atomic E-state index is -0.662. The summed E-state index contributed by atoms with van der Waals surface area (Å²) in [7, 11) is 1.28. The molecule has 1 N–H and O–H groups in total. The highest BCUT2D eigenvalue weighted by Gasteiger charge is 2.23. The Bertz CT molecular complexity index is 482. The van der Waals surface area contributed by atoms with Crippen LogP contribution in [0.2, 0.25) is 0 Å². The molecule has 130 valence electrons. The van der Waals surface area contributed by atoms with Gasteiger partial charge in [-0.2, -0.15) is 0 Å². The number of carbonyl (C=O) groups excluding carboxylic acids is 2. The zero-order valence-electron chi connectivity index (χ0n) is 13.9. The van der Waals surface area contributed by atoms with Crippen molar-refractivity contribution in [2.75, 3.05) is 11.5 Å². The fraction of sp³-hybridized carbons (Fsp3) is 0.533. The van der Waals surface area contributed by atoms with E-state index in [1.54, 1.807) is 27.0 Å². The van der Waals surface area contributed by atoms with Gasteiger partial charge in [0, 0.05) is 20.8 Å². The molecule has 0 spiro atoms. The van der Waals surface area contributed by atoms with Gasteiger partial charge in [-0.3, -0.25) is 4.98 Å². The number of hydrogen-bond acceptors (Lipinski definition) is 5. The molecular weight excluding hydrogens is 479 g/mol. The van der Waals surface area contributed by atoms with Crippen LogP contribution in [0.5, 0.6) is 0 Å². The number of aromatic nitrogens is 1. The van der Waals surface area contributed by atoms with Crippen molar-refractivity contribution in [3.63, 3.8) is 0 Å². The smallest absolute Gasteiger partial charge is 0.408 e. The standard InChI is InChI=1S/C9H16INO4.C6H6BrN/c1-9(2,3)15-8(13)11-6(5-10)7(12)14-4;1-5-2-3-6(7)4-8-5/h6H,5H2,1-4H3,(H,11,13);2-4H,1H3/t6-;/m0./s1. The number of amides is 1. The van der Waals surface area contributed by atoms with Crippen LogP contribution in [0.3, 0.4) is 0 Å². The maximum Gasteiger partial charge on any atom is 0.408 e. The molecule has 1 heterocycles. The number of aryl methyl sites for hydroxylation is 1. The first-order chi connectivity index (χ1) is 10.6. The molecule has 0 aliphatic heterocycles. The molecule has 6 nitrogen and oxygen atoms in total. The Morgan fingerprint density at radius 1 is 1.39 bits per heavy atom. The quantitative estimate of drug-likeness (QED) is 0.389. The summed E-state index contributed by atoms with van der Waals surface area (Å²) >= 11 is 5.27. The van der Waals surface area contributed by atoms with E-state index in [9.17, 15) is 9.59 Å². The van der Waals surface area contributed by atoms with Crippen molar-refractivity contribution in [2.45, 2.75) is 39.3 Å². The second-order valence-electron chi connectivity index (χ2n) is 5.49. The van der Waals surface area contributed by atoms with E-state index in [1.165, 1.54) is 7.11 Å². The summed E-state index contributed by atoms with van der Waals surface area (Å²) in [6.45, 7) is 7.23. The molecule has 0 radical (unpaired) electrons. The summed E-state index contributed by atoms with van der Waals surface area (Å²) in [5, 5.41) is 2.43. The molecule has 23 heavy (non-hydrogen) atoms. The van der Waals surface area contributed by atoms with Crippen molar-refractivity contribution < 1.29 is 19.1 Å². The van der Waals surface area contributed by atoms with E-state index in [4.69, 9.17) is 4.74 Å². The number of alkyl halides is 1. The Hall–Kier alpha value is -0.900. The highest BCUT2D eigenvalue weighted by Crippen LogP contribution is 2.07. The van der Waals surface area contributed by atoms with Gasteiger partial charge in [0.05, 0.1) is 7.11 Å². The first-order valence-corrected chi connectivity index (χ1v) is 9.12. The van der Waals surface area contributed by atoms with Crippen LogP contribution in [0, 0.1) is 6.92 Å². The van der Waals surface area contributed by atoms with Gasteiger partial charge in [-0.25, -0.2) is 9.59 Å². The number of alkyl carbamates (subject to hydrolysis) is 1. The van der Waals surface area contributed by atoms with Crippen LogP contribution in [-0.2, 0) is 14.3 Å². The zero-order valence-corrected chi connectivity index (χ0v) is 17.6. The predicted octanol–water partition coefficient (Wildman–Crippen LogP) is 3.64. The lowest BCUT2D eigenvalue weighted by Crippen LogP contribution is -2.44. The van der Waals surface area contributed by atoms with Crippen LogP contribution in [0.15, 0.2) is 22.8 Å². The number of rotatable bonds is 3. The van der Waals surface area contributed by atoms with Crippen LogP contribution in [0.1, 0.15) is 26.5 Å². The first kappa shape index (κ1) is 22.1. The maximum absolute atomic E-state index is 11.3. The van der Waals surface area contributed by atoms with E-state index in [-0.39, 0.29) is 0 Å². The van der Waals surface area contributed by atoms with E-state index >= 15 is 0 Å². The lowest BCUT2D eigenvalue weighted by molar-refractivity contribution is -0.142.